The van der Waals surface area contributed by atoms with Crippen molar-refractivity contribution in [1.82, 2.24) is 14.9 Å². The van der Waals surface area contributed by atoms with Crippen LogP contribution in [0.2, 0.25) is 0 Å². The van der Waals surface area contributed by atoms with Gasteiger partial charge in [-0.2, -0.15) is 0 Å². The molecule has 140 valence electrons. The van der Waals surface area contributed by atoms with Crippen molar-refractivity contribution in [3.63, 3.8) is 0 Å². The third-order valence-corrected chi connectivity index (χ3v) is 5.94. The van der Waals surface area contributed by atoms with Gasteiger partial charge in [0.2, 0.25) is 5.91 Å². The minimum absolute atomic E-state index is 0.127. The molecule has 1 saturated heterocycles. The number of amides is 1. The Kier molecular flexibility index (Phi) is 5.36. The first-order valence-electron chi connectivity index (χ1n) is 9.39. The Bertz CT molecular complexity index is 950. The molecule has 0 spiro atoms. The smallest absolute Gasteiger partial charge is 0.249 e. The molecule has 0 unspecified atom stereocenters. The minimum atomic E-state index is -0.127. The predicted octanol–water partition coefficient (Wildman–Crippen LogP) is 4.52. The van der Waals surface area contributed by atoms with E-state index < -0.39 is 0 Å². The summed E-state index contributed by atoms with van der Waals surface area (Å²) in [6.45, 7) is 4.81. The van der Waals surface area contributed by atoms with Gasteiger partial charge in [-0.1, -0.05) is 24.3 Å². The van der Waals surface area contributed by atoms with Crippen LogP contribution < -0.4 is 5.32 Å². The maximum atomic E-state index is 11.6. The molecule has 3 aromatic rings. The molecule has 0 aliphatic carbocycles. The largest absolute Gasteiger partial charge is 0.361 e. The molecule has 5 nitrogen and oxygen atoms in total. The number of piperidine rings is 1. The molecule has 1 fully saturated rings. The van der Waals surface area contributed by atoms with Gasteiger partial charge < -0.3 is 4.98 Å². The van der Waals surface area contributed by atoms with Crippen molar-refractivity contribution in [2.45, 2.75) is 32.2 Å². The molecular weight excluding hydrogens is 356 g/mol. The summed E-state index contributed by atoms with van der Waals surface area (Å²) in [5.41, 5.74) is 3.71. The van der Waals surface area contributed by atoms with Gasteiger partial charge in [-0.3, -0.25) is 15.0 Å². The first-order chi connectivity index (χ1) is 13.2. The molecule has 0 atom stereocenters. The third-order valence-electron chi connectivity index (χ3n) is 5.13. The Morgan fingerprint density at radius 2 is 2.19 bits per heavy atom. The summed E-state index contributed by atoms with van der Waals surface area (Å²) < 4.78 is 0. The Hall–Kier alpha value is -2.44. The fourth-order valence-corrected chi connectivity index (χ4v) is 4.50. The maximum absolute atomic E-state index is 11.6. The number of hydrogen-bond acceptors (Lipinski definition) is 4. The summed E-state index contributed by atoms with van der Waals surface area (Å²) in [5.74, 6) is 0.487. The van der Waals surface area contributed by atoms with Crippen molar-refractivity contribution >= 4 is 33.3 Å². The number of H-pyrrole nitrogens is 1. The van der Waals surface area contributed by atoms with E-state index in [1.54, 1.807) is 6.08 Å². The number of carbonyl (C=O) groups excluding carboxylic acids is 1. The van der Waals surface area contributed by atoms with Crippen molar-refractivity contribution in [1.29, 1.82) is 0 Å². The Morgan fingerprint density at radius 1 is 1.37 bits per heavy atom. The number of para-hydroxylation sites is 1. The van der Waals surface area contributed by atoms with E-state index in [0.29, 0.717) is 11.0 Å². The second-order valence-corrected chi connectivity index (χ2v) is 7.83. The summed E-state index contributed by atoms with van der Waals surface area (Å²) in [6, 6.07) is 8.55. The average Bonchev–Trinajstić information content (AvgIpc) is 3.29. The van der Waals surface area contributed by atoms with Gasteiger partial charge in [0.05, 0.1) is 5.69 Å². The maximum Gasteiger partial charge on any atom is 0.249 e. The third kappa shape index (κ3) is 4.12. The van der Waals surface area contributed by atoms with E-state index in [1.165, 1.54) is 33.9 Å². The predicted molar refractivity (Wildman–Crippen MR) is 111 cm³/mol. The van der Waals surface area contributed by atoms with E-state index in [9.17, 15) is 4.79 Å². The number of thiazole rings is 1. The zero-order valence-electron chi connectivity index (χ0n) is 15.4. The van der Waals surface area contributed by atoms with Gasteiger partial charge in [0.25, 0.3) is 0 Å². The molecule has 0 bridgehead atoms. The Labute approximate surface area is 163 Å². The monoisotopic (exact) mass is 380 g/mol. The van der Waals surface area contributed by atoms with Crippen LogP contribution in [0, 0.1) is 0 Å². The number of aromatic nitrogens is 2. The number of nitrogens with one attached hydrogen (secondary N) is 2. The van der Waals surface area contributed by atoms with Gasteiger partial charge in [0, 0.05) is 29.0 Å². The lowest BCUT2D eigenvalue weighted by atomic mass is 9.89. The summed E-state index contributed by atoms with van der Waals surface area (Å²) in [5, 5.41) is 6.87. The van der Waals surface area contributed by atoms with Crippen molar-refractivity contribution < 1.29 is 4.79 Å². The molecule has 6 heteroatoms. The van der Waals surface area contributed by atoms with Crippen LogP contribution in [0.25, 0.3) is 10.9 Å². The number of nitrogens with zero attached hydrogens (tertiary/aromatic N) is 2. The fraction of sp³-hybridized carbons (Fsp3) is 0.333. The van der Waals surface area contributed by atoms with E-state index >= 15 is 0 Å². The van der Waals surface area contributed by atoms with Gasteiger partial charge in [-0.25, -0.2) is 4.98 Å². The van der Waals surface area contributed by atoms with Gasteiger partial charge in [0.15, 0.2) is 5.13 Å². The van der Waals surface area contributed by atoms with Crippen LogP contribution in [0.3, 0.4) is 0 Å². The lowest BCUT2D eigenvalue weighted by Crippen LogP contribution is -2.32. The molecule has 2 N–H and O–H groups in total. The van der Waals surface area contributed by atoms with Crippen LogP contribution in [-0.4, -0.2) is 33.9 Å². The fourth-order valence-electron chi connectivity index (χ4n) is 3.80. The van der Waals surface area contributed by atoms with Crippen molar-refractivity contribution in [2.24, 2.45) is 0 Å². The first kappa shape index (κ1) is 17.9. The average molecular weight is 381 g/mol. The zero-order valence-corrected chi connectivity index (χ0v) is 16.3. The van der Waals surface area contributed by atoms with Crippen LogP contribution in [0.5, 0.6) is 0 Å². The van der Waals surface area contributed by atoms with E-state index in [1.807, 2.05) is 12.3 Å². The van der Waals surface area contributed by atoms with Gasteiger partial charge >= 0.3 is 0 Å². The molecule has 1 amide bonds. The standard InChI is InChI=1S/C21H24N4OS/c1-2-5-20(26)24-21-23-16(14-27-21)13-25-10-8-15(9-11-25)18-12-22-19-7-4-3-6-17(18)19/h2-7,12,14-15,22H,8-11,13H2,1H3,(H,23,24,26)/b5-2+. The van der Waals surface area contributed by atoms with Gasteiger partial charge in [-0.15, -0.1) is 11.3 Å². The summed E-state index contributed by atoms with van der Waals surface area (Å²) in [6.07, 6.45) is 7.75. The molecular formula is C21H24N4OS. The van der Waals surface area contributed by atoms with Crippen LogP contribution in [0.4, 0.5) is 5.13 Å². The number of allylic oxidation sites excluding steroid dienone is 1. The molecule has 1 aliphatic rings. The molecule has 3 heterocycles. The van der Waals surface area contributed by atoms with Gasteiger partial charge in [-0.05, 0) is 56.5 Å². The topological polar surface area (TPSA) is 61.0 Å². The van der Waals surface area contributed by atoms with Crippen LogP contribution in [0.15, 0.2) is 48.0 Å². The van der Waals surface area contributed by atoms with E-state index in [4.69, 9.17) is 0 Å². The second kappa shape index (κ2) is 8.06. The van der Waals surface area contributed by atoms with Crippen molar-refractivity contribution in [2.75, 3.05) is 18.4 Å². The minimum Gasteiger partial charge on any atom is -0.361 e. The second-order valence-electron chi connectivity index (χ2n) is 6.97. The van der Waals surface area contributed by atoms with E-state index in [0.717, 1.165) is 38.2 Å². The SMILES string of the molecule is C/C=C/C(=O)Nc1nc(CN2CCC(c3c[nH]c4ccccc34)CC2)cs1. The molecule has 1 aromatic carbocycles. The number of rotatable bonds is 5. The number of likely N-dealkylation sites (tertiary alicyclic amines) is 1. The van der Waals surface area contributed by atoms with Crippen molar-refractivity contribution in [3.05, 3.63) is 59.3 Å². The normalized spacial score (nSPS) is 16.3. The number of hydrogen-bond donors (Lipinski definition) is 2. The van der Waals surface area contributed by atoms with Crippen LogP contribution in [-0.2, 0) is 11.3 Å². The summed E-state index contributed by atoms with van der Waals surface area (Å²) in [7, 11) is 0. The van der Waals surface area contributed by atoms with Crippen molar-refractivity contribution in [3.8, 4) is 0 Å². The molecule has 1 aliphatic heterocycles. The number of fused-ring (bicyclic) bond motifs is 1. The van der Waals surface area contributed by atoms with Gasteiger partial charge in [0.1, 0.15) is 0 Å². The molecule has 0 saturated carbocycles. The summed E-state index contributed by atoms with van der Waals surface area (Å²) in [4.78, 5) is 22.0. The molecule has 27 heavy (non-hydrogen) atoms. The molecule has 4 rings (SSSR count). The highest BCUT2D eigenvalue weighted by Crippen LogP contribution is 2.33. The van der Waals surface area contributed by atoms with Crippen LogP contribution in [0.1, 0.15) is 36.9 Å². The Balaban J connectivity index is 1.33. The number of anilines is 1. The quantitative estimate of drug-likeness (QED) is 0.640. The highest BCUT2D eigenvalue weighted by Gasteiger charge is 2.23. The lowest BCUT2D eigenvalue weighted by molar-refractivity contribution is -0.111. The zero-order chi connectivity index (χ0) is 18.6. The highest BCUT2D eigenvalue weighted by molar-refractivity contribution is 7.13. The number of carbonyl (C=O) groups is 1. The number of benzene rings is 1. The Morgan fingerprint density at radius 3 is 3.00 bits per heavy atom. The number of aromatic amines is 1. The molecule has 0 radical (unpaired) electrons. The first-order valence-corrected chi connectivity index (χ1v) is 10.3. The lowest BCUT2D eigenvalue weighted by Gasteiger charge is -2.31. The molecule has 2 aromatic heterocycles. The van der Waals surface area contributed by atoms with E-state index in [-0.39, 0.29) is 5.91 Å². The highest BCUT2D eigenvalue weighted by atomic mass is 32.1. The summed E-state index contributed by atoms with van der Waals surface area (Å²) >= 11 is 1.48. The van der Waals surface area contributed by atoms with E-state index in [2.05, 4.69) is 50.6 Å². The van der Waals surface area contributed by atoms with Crippen LogP contribution >= 0.6 is 11.3 Å².